The summed E-state index contributed by atoms with van der Waals surface area (Å²) in [6, 6.07) is -0.672. The lowest BCUT2D eigenvalue weighted by Crippen LogP contribution is -2.48. The Morgan fingerprint density at radius 3 is 2.06 bits per heavy atom. The monoisotopic (exact) mass is 258 g/mol. The minimum Gasteiger partial charge on any atom is -0.357 e. The predicted octanol–water partition coefficient (Wildman–Crippen LogP) is -2.51. The van der Waals surface area contributed by atoms with Gasteiger partial charge >= 0.3 is 0 Å². The summed E-state index contributed by atoms with van der Waals surface area (Å²) in [5.41, 5.74) is 0. The first-order valence-corrected chi connectivity index (χ1v) is 5.39. The fourth-order valence-corrected chi connectivity index (χ4v) is 1.02. The number of carbonyl (C=O) groups excluding carboxylic acids is 4. The quantitative estimate of drug-likeness (QED) is 0.421. The molecule has 0 spiro atoms. The second kappa shape index (κ2) is 8.04. The van der Waals surface area contributed by atoms with Crippen molar-refractivity contribution in [1.82, 2.24) is 21.3 Å². The van der Waals surface area contributed by atoms with Crippen LogP contribution in [0, 0.1) is 0 Å². The van der Waals surface area contributed by atoms with Crippen LogP contribution in [0.2, 0.25) is 0 Å². The van der Waals surface area contributed by atoms with Gasteiger partial charge in [0.05, 0.1) is 13.1 Å². The summed E-state index contributed by atoms with van der Waals surface area (Å²) < 4.78 is 0. The van der Waals surface area contributed by atoms with Crippen molar-refractivity contribution in [2.75, 3.05) is 20.1 Å². The average Bonchev–Trinajstić information content (AvgIpc) is 2.32. The molecule has 0 saturated heterocycles. The Balaban J connectivity index is 3.86. The largest absolute Gasteiger partial charge is 0.357 e. The van der Waals surface area contributed by atoms with Gasteiger partial charge in [0.1, 0.15) is 6.04 Å². The normalized spacial score (nSPS) is 11.1. The first-order valence-electron chi connectivity index (χ1n) is 5.39. The van der Waals surface area contributed by atoms with Crippen LogP contribution in [0.1, 0.15) is 13.8 Å². The van der Waals surface area contributed by atoms with Crippen LogP contribution in [0.25, 0.3) is 0 Å². The lowest BCUT2D eigenvalue weighted by Gasteiger charge is -2.12. The number of nitrogens with one attached hydrogen (secondary N) is 4. The molecule has 0 saturated carbocycles. The Morgan fingerprint density at radius 2 is 1.56 bits per heavy atom. The molecule has 0 radical (unpaired) electrons. The molecule has 4 amide bonds. The van der Waals surface area contributed by atoms with Crippen molar-refractivity contribution in [2.24, 2.45) is 0 Å². The van der Waals surface area contributed by atoms with E-state index in [1.807, 2.05) is 0 Å². The summed E-state index contributed by atoms with van der Waals surface area (Å²) in [5.74, 6) is -1.62. The van der Waals surface area contributed by atoms with Gasteiger partial charge in [-0.05, 0) is 6.92 Å². The van der Waals surface area contributed by atoms with Gasteiger partial charge in [-0.25, -0.2) is 0 Å². The third kappa shape index (κ3) is 7.20. The molecular formula is C10H18N4O4. The maximum absolute atomic E-state index is 11.3. The van der Waals surface area contributed by atoms with E-state index in [9.17, 15) is 19.2 Å². The third-order valence-electron chi connectivity index (χ3n) is 1.96. The Kier molecular flexibility index (Phi) is 7.10. The molecule has 0 rings (SSSR count). The van der Waals surface area contributed by atoms with Crippen LogP contribution in [0.4, 0.5) is 0 Å². The minimum absolute atomic E-state index is 0.187. The van der Waals surface area contributed by atoms with Gasteiger partial charge in [-0.2, -0.15) is 0 Å². The van der Waals surface area contributed by atoms with Crippen LogP contribution in [0.3, 0.4) is 0 Å². The molecule has 1 atom stereocenters. The van der Waals surface area contributed by atoms with E-state index >= 15 is 0 Å². The second-order valence-electron chi connectivity index (χ2n) is 3.59. The Bertz CT molecular complexity index is 343. The molecular weight excluding hydrogens is 240 g/mol. The van der Waals surface area contributed by atoms with Gasteiger partial charge in [-0.1, -0.05) is 0 Å². The molecule has 102 valence electrons. The molecule has 0 bridgehead atoms. The van der Waals surface area contributed by atoms with E-state index in [0.717, 1.165) is 0 Å². The zero-order chi connectivity index (χ0) is 14.1. The highest BCUT2D eigenvalue weighted by atomic mass is 16.2. The summed E-state index contributed by atoms with van der Waals surface area (Å²) in [4.78, 5) is 44.1. The predicted molar refractivity (Wildman–Crippen MR) is 63.4 cm³/mol. The number of hydrogen-bond acceptors (Lipinski definition) is 4. The van der Waals surface area contributed by atoms with Crippen LogP contribution in [-0.4, -0.2) is 49.8 Å². The van der Waals surface area contributed by atoms with Crippen LogP contribution in [-0.2, 0) is 19.2 Å². The molecule has 0 heterocycles. The Labute approximate surface area is 105 Å². The Hall–Kier alpha value is -2.12. The van der Waals surface area contributed by atoms with Crippen molar-refractivity contribution >= 4 is 23.6 Å². The van der Waals surface area contributed by atoms with Gasteiger partial charge in [0, 0.05) is 14.0 Å². The van der Waals surface area contributed by atoms with Crippen LogP contribution in [0.15, 0.2) is 0 Å². The first-order chi connectivity index (χ1) is 8.36. The molecule has 18 heavy (non-hydrogen) atoms. The van der Waals surface area contributed by atoms with E-state index in [4.69, 9.17) is 0 Å². The molecule has 0 aliphatic carbocycles. The van der Waals surface area contributed by atoms with Gasteiger partial charge in [0.2, 0.25) is 23.6 Å². The van der Waals surface area contributed by atoms with Crippen molar-refractivity contribution in [2.45, 2.75) is 19.9 Å². The van der Waals surface area contributed by atoms with E-state index in [-0.39, 0.29) is 24.9 Å². The van der Waals surface area contributed by atoms with Crippen molar-refractivity contribution in [3.8, 4) is 0 Å². The molecule has 0 aliphatic heterocycles. The molecule has 0 aliphatic rings. The van der Waals surface area contributed by atoms with Gasteiger partial charge in [0.15, 0.2) is 0 Å². The molecule has 4 N–H and O–H groups in total. The fraction of sp³-hybridized carbons (Fsp3) is 0.600. The van der Waals surface area contributed by atoms with E-state index in [1.165, 1.54) is 20.9 Å². The lowest BCUT2D eigenvalue weighted by atomic mass is 10.3. The van der Waals surface area contributed by atoms with E-state index < -0.39 is 17.9 Å². The lowest BCUT2D eigenvalue weighted by molar-refractivity contribution is -0.129. The molecule has 0 aromatic heterocycles. The summed E-state index contributed by atoms with van der Waals surface area (Å²) in [6.45, 7) is 2.37. The van der Waals surface area contributed by atoms with Crippen molar-refractivity contribution < 1.29 is 19.2 Å². The molecule has 8 nitrogen and oxygen atoms in total. The Morgan fingerprint density at radius 1 is 1.00 bits per heavy atom. The minimum atomic E-state index is -0.672. The van der Waals surface area contributed by atoms with Gasteiger partial charge in [-0.15, -0.1) is 0 Å². The van der Waals surface area contributed by atoms with E-state index in [1.54, 1.807) is 0 Å². The SMILES string of the molecule is CNC(=O)[C@@H](C)NC(=O)CNC(=O)CNC(C)=O. The highest BCUT2D eigenvalue weighted by molar-refractivity contribution is 5.90. The summed E-state index contributed by atoms with van der Waals surface area (Å²) >= 11 is 0. The summed E-state index contributed by atoms with van der Waals surface area (Å²) in [6.07, 6.45) is 0. The fourth-order valence-electron chi connectivity index (χ4n) is 1.02. The second-order valence-corrected chi connectivity index (χ2v) is 3.59. The summed E-state index contributed by atoms with van der Waals surface area (Å²) in [5, 5.41) is 9.37. The van der Waals surface area contributed by atoms with E-state index in [2.05, 4.69) is 21.3 Å². The molecule has 8 heteroatoms. The van der Waals surface area contributed by atoms with Crippen LogP contribution >= 0.6 is 0 Å². The van der Waals surface area contributed by atoms with Gasteiger partial charge < -0.3 is 21.3 Å². The van der Waals surface area contributed by atoms with Crippen molar-refractivity contribution in [1.29, 1.82) is 0 Å². The maximum atomic E-state index is 11.3. The molecule has 0 unspecified atom stereocenters. The molecule has 0 aromatic carbocycles. The van der Waals surface area contributed by atoms with Gasteiger partial charge in [0.25, 0.3) is 0 Å². The van der Waals surface area contributed by atoms with Crippen molar-refractivity contribution in [3.63, 3.8) is 0 Å². The number of rotatable bonds is 6. The van der Waals surface area contributed by atoms with Crippen molar-refractivity contribution in [3.05, 3.63) is 0 Å². The van der Waals surface area contributed by atoms with E-state index in [0.29, 0.717) is 0 Å². The zero-order valence-corrected chi connectivity index (χ0v) is 10.6. The number of amides is 4. The molecule has 0 fully saturated rings. The molecule has 0 aromatic rings. The zero-order valence-electron chi connectivity index (χ0n) is 10.6. The average molecular weight is 258 g/mol. The smallest absolute Gasteiger partial charge is 0.242 e. The highest BCUT2D eigenvalue weighted by Gasteiger charge is 2.14. The summed E-state index contributed by atoms with van der Waals surface area (Å²) in [7, 11) is 1.46. The topological polar surface area (TPSA) is 116 Å². The number of likely N-dealkylation sites (N-methyl/N-ethyl adjacent to an activating group) is 1. The standard InChI is InChI=1S/C10H18N4O4/c1-6(10(18)11-3)14-9(17)5-13-8(16)4-12-7(2)15/h6H,4-5H2,1-3H3,(H,11,18)(H,12,15)(H,13,16)(H,14,17)/t6-/m1/s1. The number of hydrogen-bond donors (Lipinski definition) is 4. The maximum Gasteiger partial charge on any atom is 0.242 e. The highest BCUT2D eigenvalue weighted by Crippen LogP contribution is 1.80. The van der Waals surface area contributed by atoms with Gasteiger partial charge in [-0.3, -0.25) is 19.2 Å². The van der Waals surface area contributed by atoms with Crippen LogP contribution < -0.4 is 21.3 Å². The number of carbonyl (C=O) groups is 4. The first kappa shape index (κ1) is 15.9. The van der Waals surface area contributed by atoms with Crippen LogP contribution in [0.5, 0.6) is 0 Å². The third-order valence-corrected chi connectivity index (χ3v) is 1.96.